The van der Waals surface area contributed by atoms with Crippen LogP contribution in [0.25, 0.3) is 11.3 Å². The van der Waals surface area contributed by atoms with Gasteiger partial charge in [0, 0.05) is 11.3 Å². The minimum absolute atomic E-state index is 0.297. The Morgan fingerprint density at radius 2 is 1.88 bits per heavy atom. The summed E-state index contributed by atoms with van der Waals surface area (Å²) in [5.74, 6) is -0.762. The van der Waals surface area contributed by atoms with E-state index in [4.69, 9.17) is 4.74 Å². The number of esters is 1. The van der Waals surface area contributed by atoms with Crippen molar-refractivity contribution in [2.24, 2.45) is 0 Å². The fourth-order valence-corrected chi connectivity index (χ4v) is 2.33. The first-order valence-corrected chi connectivity index (χ1v) is 7.86. The van der Waals surface area contributed by atoms with Crippen LogP contribution >= 0.6 is 0 Å². The van der Waals surface area contributed by atoms with Gasteiger partial charge < -0.3 is 10.1 Å². The van der Waals surface area contributed by atoms with E-state index in [-0.39, 0.29) is 5.91 Å². The molecule has 3 rings (SSSR count). The summed E-state index contributed by atoms with van der Waals surface area (Å²) in [6, 6.07) is 17.8. The molecule has 126 valence electrons. The van der Waals surface area contributed by atoms with Gasteiger partial charge in [0.15, 0.2) is 0 Å². The van der Waals surface area contributed by atoms with Crippen LogP contribution < -0.4 is 5.32 Å². The minimum Gasteiger partial charge on any atom is -0.462 e. The van der Waals surface area contributed by atoms with Gasteiger partial charge in [-0.1, -0.05) is 36.4 Å². The van der Waals surface area contributed by atoms with Gasteiger partial charge in [-0.15, -0.1) is 0 Å². The van der Waals surface area contributed by atoms with E-state index in [9.17, 15) is 9.59 Å². The highest BCUT2D eigenvalue weighted by Crippen LogP contribution is 2.18. The summed E-state index contributed by atoms with van der Waals surface area (Å²) in [7, 11) is 0. The molecule has 1 aromatic heterocycles. The molecule has 2 aromatic carbocycles. The lowest BCUT2D eigenvalue weighted by atomic mass is 10.1. The summed E-state index contributed by atoms with van der Waals surface area (Å²) in [5, 5.41) is 9.63. The summed E-state index contributed by atoms with van der Waals surface area (Å²) >= 11 is 0. The molecule has 6 nitrogen and oxygen atoms in total. The molecule has 0 atom stereocenters. The fraction of sp³-hybridized carbons (Fsp3) is 0.105. The summed E-state index contributed by atoms with van der Waals surface area (Å²) in [6.45, 7) is 2.04. The first-order valence-electron chi connectivity index (χ1n) is 7.86. The molecule has 1 heterocycles. The van der Waals surface area contributed by atoms with Gasteiger partial charge >= 0.3 is 5.97 Å². The molecular formula is C19H17N3O3. The molecule has 0 saturated carbocycles. The highest BCUT2D eigenvalue weighted by atomic mass is 16.5. The van der Waals surface area contributed by atoms with Gasteiger partial charge in [0.2, 0.25) is 0 Å². The molecule has 3 aromatic rings. The number of aromatic nitrogens is 2. The molecular weight excluding hydrogens is 318 g/mol. The second-order valence-corrected chi connectivity index (χ2v) is 5.29. The van der Waals surface area contributed by atoms with Crippen LogP contribution in [0.15, 0.2) is 60.7 Å². The number of aromatic amines is 1. The van der Waals surface area contributed by atoms with Gasteiger partial charge in [0.1, 0.15) is 5.69 Å². The topological polar surface area (TPSA) is 84.1 Å². The summed E-state index contributed by atoms with van der Waals surface area (Å²) in [5.41, 5.74) is 2.83. The highest BCUT2D eigenvalue weighted by molar-refractivity contribution is 6.04. The van der Waals surface area contributed by atoms with Crippen molar-refractivity contribution in [1.82, 2.24) is 10.2 Å². The average Bonchev–Trinajstić information content (AvgIpc) is 3.13. The number of rotatable bonds is 5. The number of carbonyl (C=O) groups is 2. The van der Waals surface area contributed by atoms with Crippen molar-refractivity contribution in [3.63, 3.8) is 0 Å². The van der Waals surface area contributed by atoms with Crippen molar-refractivity contribution >= 4 is 17.6 Å². The van der Waals surface area contributed by atoms with Gasteiger partial charge in [0.05, 0.1) is 17.9 Å². The third-order valence-corrected chi connectivity index (χ3v) is 3.52. The number of hydrogen-bond donors (Lipinski definition) is 2. The van der Waals surface area contributed by atoms with Crippen LogP contribution in [0.5, 0.6) is 0 Å². The van der Waals surface area contributed by atoms with Gasteiger partial charge in [-0.25, -0.2) is 4.79 Å². The van der Waals surface area contributed by atoms with Crippen molar-refractivity contribution < 1.29 is 14.3 Å². The van der Waals surface area contributed by atoms with Gasteiger partial charge in [-0.2, -0.15) is 5.10 Å². The first-order chi connectivity index (χ1) is 12.2. The Balaban J connectivity index is 1.74. The van der Waals surface area contributed by atoms with Crippen molar-refractivity contribution in [1.29, 1.82) is 0 Å². The van der Waals surface area contributed by atoms with E-state index in [1.54, 1.807) is 37.3 Å². The Hall–Kier alpha value is -3.41. The molecule has 0 bridgehead atoms. The van der Waals surface area contributed by atoms with Crippen molar-refractivity contribution in [3.05, 3.63) is 71.9 Å². The third kappa shape index (κ3) is 3.92. The number of amides is 1. The van der Waals surface area contributed by atoms with E-state index in [1.807, 2.05) is 30.3 Å². The van der Waals surface area contributed by atoms with Crippen LogP contribution in [-0.4, -0.2) is 28.7 Å². The molecule has 0 aliphatic heterocycles. The lowest BCUT2D eigenvalue weighted by Crippen LogP contribution is -2.13. The molecule has 25 heavy (non-hydrogen) atoms. The number of benzene rings is 2. The molecule has 0 aliphatic carbocycles. The van der Waals surface area contributed by atoms with E-state index in [0.29, 0.717) is 29.2 Å². The second-order valence-electron chi connectivity index (χ2n) is 5.29. The maximum atomic E-state index is 12.4. The fourth-order valence-electron chi connectivity index (χ4n) is 2.33. The zero-order valence-electron chi connectivity index (χ0n) is 13.7. The smallest absolute Gasteiger partial charge is 0.338 e. The third-order valence-electron chi connectivity index (χ3n) is 3.52. The molecule has 0 spiro atoms. The Labute approximate surface area is 144 Å². The second kappa shape index (κ2) is 7.44. The minimum atomic E-state index is -0.425. The lowest BCUT2D eigenvalue weighted by molar-refractivity contribution is 0.0526. The van der Waals surface area contributed by atoms with Gasteiger partial charge in [-0.05, 0) is 31.2 Å². The van der Waals surface area contributed by atoms with Crippen LogP contribution in [0.2, 0.25) is 0 Å². The number of hydrogen-bond acceptors (Lipinski definition) is 4. The van der Waals surface area contributed by atoms with E-state index < -0.39 is 5.97 Å². The SMILES string of the molecule is CCOC(=O)c1cccc(NC(=O)c2cc(-c3ccccc3)n[nH]2)c1. The molecule has 1 amide bonds. The Morgan fingerprint density at radius 1 is 1.08 bits per heavy atom. The molecule has 0 unspecified atom stereocenters. The zero-order chi connectivity index (χ0) is 17.6. The van der Waals surface area contributed by atoms with E-state index in [1.165, 1.54) is 0 Å². The molecule has 2 N–H and O–H groups in total. The van der Waals surface area contributed by atoms with E-state index in [0.717, 1.165) is 5.56 Å². The number of nitrogens with zero attached hydrogens (tertiary/aromatic N) is 1. The quantitative estimate of drug-likeness (QED) is 0.699. The predicted octanol–water partition coefficient (Wildman–Crippen LogP) is 3.51. The summed E-state index contributed by atoms with van der Waals surface area (Å²) in [6.07, 6.45) is 0. The predicted molar refractivity (Wildman–Crippen MR) is 94.4 cm³/mol. The Kier molecular flexibility index (Phi) is 4.89. The Morgan fingerprint density at radius 3 is 2.64 bits per heavy atom. The van der Waals surface area contributed by atoms with Crippen molar-refractivity contribution in [3.8, 4) is 11.3 Å². The number of ether oxygens (including phenoxy) is 1. The number of anilines is 1. The summed E-state index contributed by atoms with van der Waals surface area (Å²) < 4.78 is 4.96. The van der Waals surface area contributed by atoms with Crippen LogP contribution in [-0.2, 0) is 4.74 Å². The van der Waals surface area contributed by atoms with Gasteiger partial charge in [0.25, 0.3) is 5.91 Å². The number of nitrogens with one attached hydrogen (secondary N) is 2. The standard InChI is InChI=1S/C19H17N3O3/c1-2-25-19(24)14-9-6-10-15(11-14)20-18(23)17-12-16(21-22-17)13-7-4-3-5-8-13/h3-12H,2H2,1H3,(H,20,23)(H,21,22). The highest BCUT2D eigenvalue weighted by Gasteiger charge is 2.13. The first kappa shape index (κ1) is 16.4. The van der Waals surface area contributed by atoms with Crippen LogP contribution in [0.4, 0.5) is 5.69 Å². The van der Waals surface area contributed by atoms with Gasteiger partial charge in [-0.3, -0.25) is 9.89 Å². The molecule has 0 fully saturated rings. The maximum Gasteiger partial charge on any atom is 0.338 e. The number of H-pyrrole nitrogens is 1. The van der Waals surface area contributed by atoms with Crippen molar-refractivity contribution in [2.75, 3.05) is 11.9 Å². The van der Waals surface area contributed by atoms with Crippen molar-refractivity contribution in [2.45, 2.75) is 6.92 Å². The molecule has 0 radical (unpaired) electrons. The number of carbonyl (C=O) groups excluding carboxylic acids is 2. The normalized spacial score (nSPS) is 10.3. The van der Waals surface area contributed by atoms with Crippen LogP contribution in [0.3, 0.4) is 0 Å². The zero-order valence-corrected chi connectivity index (χ0v) is 13.7. The van der Waals surface area contributed by atoms with Crippen LogP contribution in [0, 0.1) is 0 Å². The maximum absolute atomic E-state index is 12.4. The largest absolute Gasteiger partial charge is 0.462 e. The lowest BCUT2D eigenvalue weighted by Gasteiger charge is -2.06. The summed E-state index contributed by atoms with van der Waals surface area (Å²) in [4.78, 5) is 24.1. The molecule has 6 heteroatoms. The van der Waals surface area contributed by atoms with Crippen LogP contribution in [0.1, 0.15) is 27.8 Å². The monoisotopic (exact) mass is 335 g/mol. The Bertz CT molecular complexity index is 888. The van der Waals surface area contributed by atoms with E-state index in [2.05, 4.69) is 15.5 Å². The molecule has 0 saturated heterocycles. The van der Waals surface area contributed by atoms with E-state index >= 15 is 0 Å². The average molecular weight is 335 g/mol. The molecule has 0 aliphatic rings.